The van der Waals surface area contributed by atoms with E-state index in [1.165, 1.54) is 12.1 Å². The van der Waals surface area contributed by atoms with Crippen molar-refractivity contribution >= 4 is 17.6 Å². The molecule has 5 rings (SSSR count). The van der Waals surface area contributed by atoms with Crippen LogP contribution in [-0.4, -0.2) is 44.7 Å². The van der Waals surface area contributed by atoms with Gasteiger partial charge in [0.1, 0.15) is 18.1 Å². The minimum Gasteiger partial charge on any atom is -0.477 e. The van der Waals surface area contributed by atoms with Gasteiger partial charge in [-0.25, -0.2) is 14.0 Å². The first-order valence-electron chi connectivity index (χ1n) is 12.2. The number of carbonyl (C=O) groups excluding carboxylic acids is 1. The zero-order chi connectivity index (χ0) is 26.6. The van der Waals surface area contributed by atoms with E-state index in [-0.39, 0.29) is 12.3 Å². The van der Waals surface area contributed by atoms with Gasteiger partial charge in [0.2, 0.25) is 0 Å². The maximum Gasteiger partial charge on any atom is 0.410 e. The van der Waals surface area contributed by atoms with Crippen LogP contribution in [0.5, 0.6) is 0 Å². The van der Waals surface area contributed by atoms with Crippen LogP contribution in [0.15, 0.2) is 85.2 Å². The predicted octanol–water partition coefficient (Wildman–Crippen LogP) is 6.02. The Hall–Kier alpha value is -4.72. The Labute approximate surface area is 219 Å². The second-order valence-corrected chi connectivity index (χ2v) is 9.02. The molecule has 1 N–H and O–H groups in total. The highest BCUT2D eigenvalue weighted by molar-refractivity contribution is 6.04. The van der Waals surface area contributed by atoms with Gasteiger partial charge in [0.15, 0.2) is 0 Å². The summed E-state index contributed by atoms with van der Waals surface area (Å²) >= 11 is 0. The largest absolute Gasteiger partial charge is 0.477 e. The quantitative estimate of drug-likeness (QED) is 0.342. The number of carbonyl (C=O) groups is 2. The maximum atomic E-state index is 13.7. The number of nitrogens with zero attached hydrogens (tertiary/aromatic N) is 3. The predicted molar refractivity (Wildman–Crippen MR) is 142 cm³/mol. The summed E-state index contributed by atoms with van der Waals surface area (Å²) in [6.07, 6.45) is 5.36. The van der Waals surface area contributed by atoms with Crippen molar-refractivity contribution in [2.45, 2.75) is 13.0 Å². The number of amides is 1. The van der Waals surface area contributed by atoms with E-state index in [9.17, 15) is 19.1 Å². The molecule has 0 spiro atoms. The van der Waals surface area contributed by atoms with Crippen LogP contribution in [-0.2, 0) is 18.4 Å². The van der Waals surface area contributed by atoms with Gasteiger partial charge < -0.3 is 19.3 Å². The fraction of sp³-hybridized carbons (Fsp3) is 0.167. The summed E-state index contributed by atoms with van der Waals surface area (Å²) in [6.45, 7) is 0.951. The summed E-state index contributed by atoms with van der Waals surface area (Å²) in [6, 6.07) is 19.0. The summed E-state index contributed by atoms with van der Waals surface area (Å²) in [5.41, 5.74) is 5.30. The first-order valence-corrected chi connectivity index (χ1v) is 12.2. The van der Waals surface area contributed by atoms with Crippen molar-refractivity contribution < 1.29 is 23.8 Å². The topological polar surface area (TPSA) is 84.7 Å². The zero-order valence-corrected chi connectivity index (χ0v) is 20.8. The molecule has 1 amide bonds. The Bertz CT molecular complexity index is 1500. The number of hydrogen-bond acceptors (Lipinski definition) is 4. The van der Waals surface area contributed by atoms with Gasteiger partial charge >= 0.3 is 12.1 Å². The van der Waals surface area contributed by atoms with E-state index in [1.807, 2.05) is 48.5 Å². The average molecular weight is 512 g/mol. The molecule has 0 unspecified atom stereocenters. The van der Waals surface area contributed by atoms with Crippen molar-refractivity contribution in [1.82, 2.24) is 14.5 Å². The smallest absolute Gasteiger partial charge is 0.410 e. The van der Waals surface area contributed by atoms with Crippen LogP contribution in [0, 0.1) is 5.82 Å². The second kappa shape index (κ2) is 10.7. The molecule has 0 saturated carbocycles. The van der Waals surface area contributed by atoms with Gasteiger partial charge in [-0.2, -0.15) is 0 Å². The van der Waals surface area contributed by atoms with E-state index in [1.54, 1.807) is 41.0 Å². The second-order valence-electron chi connectivity index (χ2n) is 9.02. The van der Waals surface area contributed by atoms with E-state index >= 15 is 0 Å². The van der Waals surface area contributed by atoms with Gasteiger partial charge in [-0.15, -0.1) is 0 Å². The third-order valence-electron chi connectivity index (χ3n) is 6.68. The number of aromatic carboxylic acids is 1. The van der Waals surface area contributed by atoms with Crippen molar-refractivity contribution in [2.75, 3.05) is 13.1 Å². The first-order chi connectivity index (χ1) is 18.4. The van der Waals surface area contributed by atoms with E-state index < -0.39 is 17.9 Å². The number of rotatable bonds is 6. The van der Waals surface area contributed by atoms with Crippen LogP contribution in [0.3, 0.4) is 0 Å². The molecular formula is C30H26FN3O4. The number of carboxylic acid groups (broad SMARTS) is 1. The number of pyridine rings is 1. The summed E-state index contributed by atoms with van der Waals surface area (Å²) in [5.74, 6) is -1.49. The maximum absolute atomic E-state index is 13.7. The molecule has 0 atom stereocenters. The van der Waals surface area contributed by atoms with E-state index in [4.69, 9.17) is 4.74 Å². The lowest BCUT2D eigenvalue weighted by Gasteiger charge is -2.26. The van der Waals surface area contributed by atoms with Crippen LogP contribution >= 0.6 is 0 Å². The lowest BCUT2D eigenvalue weighted by atomic mass is 9.91. The summed E-state index contributed by atoms with van der Waals surface area (Å²) < 4.78 is 20.9. The third kappa shape index (κ3) is 4.93. The van der Waals surface area contributed by atoms with Gasteiger partial charge in [0, 0.05) is 43.7 Å². The summed E-state index contributed by atoms with van der Waals surface area (Å²) in [4.78, 5) is 30.9. The summed E-state index contributed by atoms with van der Waals surface area (Å²) in [5, 5.41) is 10.2. The van der Waals surface area contributed by atoms with Gasteiger partial charge in [0.25, 0.3) is 0 Å². The molecule has 1 aliphatic rings. The number of halogens is 1. The monoisotopic (exact) mass is 511 g/mol. The molecule has 0 saturated heterocycles. The molecule has 7 nitrogen and oxygen atoms in total. The molecular weight excluding hydrogens is 485 g/mol. The Kier molecular flexibility index (Phi) is 7.04. The number of aromatic nitrogens is 2. The number of carboxylic acids is 1. The normalized spacial score (nSPS) is 13.2. The van der Waals surface area contributed by atoms with E-state index in [0.29, 0.717) is 30.6 Å². The first kappa shape index (κ1) is 25.0. The van der Waals surface area contributed by atoms with E-state index in [2.05, 4.69) is 4.98 Å². The van der Waals surface area contributed by atoms with Crippen molar-refractivity contribution in [3.8, 4) is 22.3 Å². The van der Waals surface area contributed by atoms with E-state index in [0.717, 1.165) is 28.0 Å². The van der Waals surface area contributed by atoms with Crippen molar-refractivity contribution in [3.63, 3.8) is 0 Å². The molecule has 2 aromatic carbocycles. The Balaban J connectivity index is 1.52. The SMILES string of the molecule is Cn1c(C(=O)O)c(-c2ccc(F)cc2)c(-c2ccncc2)c1C1=CCN(C(=O)OCc2ccccc2)CC1. The van der Waals surface area contributed by atoms with Crippen molar-refractivity contribution in [3.05, 3.63) is 108 Å². The molecule has 3 heterocycles. The zero-order valence-electron chi connectivity index (χ0n) is 20.8. The lowest BCUT2D eigenvalue weighted by molar-refractivity contribution is 0.0687. The average Bonchev–Trinajstić information content (AvgIpc) is 3.26. The Morgan fingerprint density at radius 3 is 2.29 bits per heavy atom. The molecule has 2 aromatic heterocycles. The molecule has 38 heavy (non-hydrogen) atoms. The molecule has 4 aromatic rings. The molecule has 192 valence electrons. The number of benzene rings is 2. The fourth-order valence-corrected chi connectivity index (χ4v) is 4.87. The van der Waals surface area contributed by atoms with Crippen LogP contribution in [0.1, 0.15) is 28.2 Å². The third-order valence-corrected chi connectivity index (χ3v) is 6.68. The Morgan fingerprint density at radius 1 is 0.974 bits per heavy atom. The van der Waals surface area contributed by atoms with Crippen LogP contribution in [0.2, 0.25) is 0 Å². The highest BCUT2D eigenvalue weighted by Crippen LogP contribution is 2.43. The standard InChI is InChI=1S/C30H26FN3O4/c1-33-27(23-13-17-34(18-14-23)30(37)38-19-20-5-3-2-4-6-20)25(22-11-15-32-16-12-22)26(28(33)29(35)36)21-7-9-24(31)10-8-21/h2-13,15-16H,14,17-19H2,1H3,(H,35,36). The highest BCUT2D eigenvalue weighted by atomic mass is 19.1. The molecule has 0 bridgehead atoms. The van der Waals surface area contributed by atoms with Crippen LogP contribution in [0.4, 0.5) is 9.18 Å². The Morgan fingerprint density at radius 2 is 1.66 bits per heavy atom. The number of hydrogen-bond donors (Lipinski definition) is 1. The minimum atomic E-state index is -1.09. The lowest BCUT2D eigenvalue weighted by Crippen LogP contribution is -2.35. The molecule has 0 radical (unpaired) electrons. The van der Waals surface area contributed by atoms with Gasteiger partial charge in [0.05, 0.1) is 5.69 Å². The molecule has 0 aliphatic carbocycles. The molecule has 1 aliphatic heterocycles. The van der Waals surface area contributed by atoms with Crippen LogP contribution in [0.25, 0.3) is 27.8 Å². The molecule has 8 heteroatoms. The van der Waals surface area contributed by atoms with Crippen molar-refractivity contribution in [2.24, 2.45) is 7.05 Å². The van der Waals surface area contributed by atoms with Gasteiger partial charge in [-0.1, -0.05) is 48.5 Å². The minimum absolute atomic E-state index is 0.101. The number of ether oxygens (including phenoxy) is 1. The van der Waals surface area contributed by atoms with Crippen LogP contribution < -0.4 is 0 Å². The van der Waals surface area contributed by atoms with Gasteiger partial charge in [-0.3, -0.25) is 4.98 Å². The van der Waals surface area contributed by atoms with Crippen molar-refractivity contribution in [1.29, 1.82) is 0 Å². The van der Waals surface area contributed by atoms with Gasteiger partial charge in [-0.05, 0) is 52.9 Å². The summed E-state index contributed by atoms with van der Waals surface area (Å²) in [7, 11) is 1.72. The molecule has 0 fully saturated rings. The fourth-order valence-electron chi connectivity index (χ4n) is 4.87. The highest BCUT2D eigenvalue weighted by Gasteiger charge is 2.30.